The second kappa shape index (κ2) is 4.32. The quantitative estimate of drug-likeness (QED) is 0.623. The molecule has 3 rings (SSSR count). The van der Waals surface area contributed by atoms with Gasteiger partial charge in [-0.05, 0) is 36.9 Å². The molecule has 3 unspecified atom stereocenters. The minimum atomic E-state index is -1.31. The molecule has 2 heterocycles. The first kappa shape index (κ1) is 14.6. The third kappa shape index (κ3) is 2.01. The number of carbonyl (C=O) groups excluding carboxylic acids is 1. The van der Waals surface area contributed by atoms with E-state index >= 15 is 0 Å². The van der Waals surface area contributed by atoms with E-state index in [1.165, 1.54) is 7.11 Å². The summed E-state index contributed by atoms with van der Waals surface area (Å²) in [5, 5.41) is 0. The van der Waals surface area contributed by atoms with Crippen LogP contribution >= 0.6 is 0 Å². The van der Waals surface area contributed by atoms with Crippen molar-refractivity contribution in [3.63, 3.8) is 0 Å². The molecule has 0 amide bonds. The Kier molecular flexibility index (Phi) is 3.00. The maximum absolute atomic E-state index is 12.4. The molecule has 0 aromatic carbocycles. The Morgan fingerprint density at radius 3 is 2.52 bits per heavy atom. The molecule has 0 bridgehead atoms. The van der Waals surface area contributed by atoms with Gasteiger partial charge in [0.05, 0.1) is 7.11 Å². The predicted molar refractivity (Wildman–Crippen MR) is 84.5 cm³/mol. The summed E-state index contributed by atoms with van der Waals surface area (Å²) in [4.78, 5) is 24.5. The van der Waals surface area contributed by atoms with Gasteiger partial charge in [-0.25, -0.2) is 4.79 Å². The van der Waals surface area contributed by atoms with Crippen LogP contribution in [0, 0.1) is 6.92 Å². The molecule has 2 aliphatic rings. The SMILES string of the molecule is COC(=O)C1CC2(CC2[Si](C)(C)C)c2cc(C)cc(=O)n21. The fourth-order valence-electron chi connectivity index (χ4n) is 4.23. The minimum Gasteiger partial charge on any atom is -0.467 e. The van der Waals surface area contributed by atoms with Crippen LogP contribution in [0.25, 0.3) is 0 Å². The van der Waals surface area contributed by atoms with E-state index < -0.39 is 14.1 Å². The Morgan fingerprint density at radius 2 is 2.00 bits per heavy atom. The monoisotopic (exact) mass is 305 g/mol. The molecule has 1 saturated carbocycles. The number of carbonyl (C=O) groups is 1. The van der Waals surface area contributed by atoms with Crippen molar-refractivity contribution >= 4 is 14.0 Å². The zero-order valence-corrected chi connectivity index (χ0v) is 14.4. The van der Waals surface area contributed by atoms with Crippen molar-refractivity contribution in [3.05, 3.63) is 33.7 Å². The Balaban J connectivity index is 2.15. The summed E-state index contributed by atoms with van der Waals surface area (Å²) in [6.07, 6.45) is 1.84. The number of aromatic nitrogens is 1. The number of fused-ring (bicyclic) bond motifs is 2. The van der Waals surface area contributed by atoms with E-state index in [9.17, 15) is 9.59 Å². The summed E-state index contributed by atoms with van der Waals surface area (Å²) in [7, 11) is 0.0918. The van der Waals surface area contributed by atoms with Crippen molar-refractivity contribution in [2.75, 3.05) is 7.11 Å². The van der Waals surface area contributed by atoms with Gasteiger partial charge < -0.3 is 4.74 Å². The lowest BCUT2D eigenvalue weighted by Gasteiger charge is -2.20. The third-order valence-corrected chi connectivity index (χ3v) is 8.03. The van der Waals surface area contributed by atoms with E-state index in [2.05, 4.69) is 25.7 Å². The topological polar surface area (TPSA) is 48.3 Å². The van der Waals surface area contributed by atoms with E-state index in [0.29, 0.717) is 5.54 Å². The van der Waals surface area contributed by atoms with Crippen LogP contribution in [-0.4, -0.2) is 25.7 Å². The lowest BCUT2D eigenvalue weighted by molar-refractivity contribution is -0.144. The maximum Gasteiger partial charge on any atom is 0.329 e. The van der Waals surface area contributed by atoms with Crippen LogP contribution in [0.15, 0.2) is 16.9 Å². The van der Waals surface area contributed by atoms with Gasteiger partial charge >= 0.3 is 5.97 Å². The van der Waals surface area contributed by atoms with Gasteiger partial charge in [0.15, 0.2) is 0 Å². The maximum atomic E-state index is 12.4. The minimum absolute atomic E-state index is 0.0362. The first-order valence-electron chi connectivity index (χ1n) is 7.52. The summed E-state index contributed by atoms with van der Waals surface area (Å²) in [5.74, 6) is -0.291. The van der Waals surface area contributed by atoms with Crippen molar-refractivity contribution in [1.29, 1.82) is 0 Å². The van der Waals surface area contributed by atoms with Crippen LogP contribution in [0.3, 0.4) is 0 Å². The van der Waals surface area contributed by atoms with Crippen molar-refractivity contribution in [2.24, 2.45) is 0 Å². The standard InChI is InChI=1S/C16H23NO3Si/c1-10-6-12-16(9-13(16)21(3,4)5)8-11(15(19)20-2)17(12)14(18)7-10/h6-7,11,13H,8-9H2,1-5H3. The van der Waals surface area contributed by atoms with Crippen LogP contribution in [-0.2, 0) is 14.9 Å². The first-order valence-corrected chi connectivity index (χ1v) is 11.1. The zero-order valence-electron chi connectivity index (χ0n) is 13.4. The molecule has 1 aromatic rings. The van der Waals surface area contributed by atoms with E-state index in [1.54, 1.807) is 10.6 Å². The van der Waals surface area contributed by atoms with Gasteiger partial charge in [-0.1, -0.05) is 19.6 Å². The van der Waals surface area contributed by atoms with E-state index in [4.69, 9.17) is 4.74 Å². The number of hydrogen-bond acceptors (Lipinski definition) is 3. The zero-order chi connectivity index (χ0) is 15.6. The number of ether oxygens (including phenoxy) is 1. The van der Waals surface area contributed by atoms with Crippen LogP contribution in [0.1, 0.15) is 30.1 Å². The van der Waals surface area contributed by atoms with Gasteiger partial charge in [0.25, 0.3) is 5.56 Å². The van der Waals surface area contributed by atoms with E-state index in [-0.39, 0.29) is 16.9 Å². The molecule has 3 atom stereocenters. The summed E-state index contributed by atoms with van der Waals surface area (Å²) in [6, 6.07) is 3.27. The molecule has 1 spiro atoms. The fraction of sp³-hybridized carbons (Fsp3) is 0.625. The van der Waals surface area contributed by atoms with Gasteiger partial charge in [0, 0.05) is 25.2 Å². The summed E-state index contributed by atoms with van der Waals surface area (Å²) in [5.41, 5.74) is 2.66. The molecule has 1 aliphatic carbocycles. The second-order valence-electron chi connectivity index (χ2n) is 7.65. The Hall–Kier alpha value is -1.36. The number of pyridine rings is 1. The average Bonchev–Trinajstić information content (AvgIpc) is 3.02. The Bertz CT molecular complexity index is 673. The molecule has 0 radical (unpaired) electrons. The van der Waals surface area contributed by atoms with Crippen molar-refractivity contribution in [2.45, 2.75) is 56.4 Å². The normalized spacial score (nSPS) is 30.3. The number of rotatable bonds is 2. The second-order valence-corrected chi connectivity index (χ2v) is 13.1. The van der Waals surface area contributed by atoms with Crippen LogP contribution in [0.2, 0.25) is 25.2 Å². The van der Waals surface area contributed by atoms with Gasteiger partial charge in [0.2, 0.25) is 0 Å². The molecule has 5 heteroatoms. The number of aryl methyl sites for hydroxylation is 1. The van der Waals surface area contributed by atoms with Gasteiger partial charge in [0.1, 0.15) is 6.04 Å². The molecule has 4 nitrogen and oxygen atoms in total. The van der Waals surface area contributed by atoms with Crippen LogP contribution in [0.5, 0.6) is 0 Å². The number of methoxy groups -OCH3 is 1. The summed E-state index contributed by atoms with van der Waals surface area (Å²) < 4.78 is 6.62. The number of esters is 1. The van der Waals surface area contributed by atoms with Crippen LogP contribution in [0.4, 0.5) is 0 Å². The van der Waals surface area contributed by atoms with Crippen molar-refractivity contribution in [1.82, 2.24) is 4.57 Å². The highest BCUT2D eigenvalue weighted by Crippen LogP contribution is 2.69. The Morgan fingerprint density at radius 1 is 1.33 bits per heavy atom. The van der Waals surface area contributed by atoms with Crippen LogP contribution < -0.4 is 5.56 Å². The smallest absolute Gasteiger partial charge is 0.329 e. The molecule has 1 aromatic heterocycles. The molecule has 0 N–H and O–H groups in total. The lowest BCUT2D eigenvalue weighted by atomic mass is 9.98. The Labute approximate surface area is 126 Å². The highest BCUT2D eigenvalue weighted by Gasteiger charge is 2.65. The fourth-order valence-corrected chi connectivity index (χ4v) is 7.13. The molecule has 0 saturated heterocycles. The summed E-state index contributed by atoms with van der Waals surface area (Å²) in [6.45, 7) is 9.07. The largest absolute Gasteiger partial charge is 0.467 e. The molecular formula is C16H23NO3Si. The number of nitrogens with zero attached hydrogens (tertiary/aromatic N) is 1. The molecule has 1 fully saturated rings. The molecular weight excluding hydrogens is 282 g/mol. The number of hydrogen-bond donors (Lipinski definition) is 0. The molecule has 114 valence electrons. The molecule has 21 heavy (non-hydrogen) atoms. The van der Waals surface area contributed by atoms with Crippen molar-refractivity contribution < 1.29 is 9.53 Å². The van der Waals surface area contributed by atoms with Gasteiger partial charge in [-0.15, -0.1) is 0 Å². The van der Waals surface area contributed by atoms with E-state index in [1.807, 2.05) is 6.92 Å². The molecule has 1 aliphatic heterocycles. The highest BCUT2D eigenvalue weighted by atomic mass is 28.3. The van der Waals surface area contributed by atoms with E-state index in [0.717, 1.165) is 24.1 Å². The van der Waals surface area contributed by atoms with Gasteiger partial charge in [-0.3, -0.25) is 9.36 Å². The lowest BCUT2D eigenvalue weighted by Crippen LogP contribution is -2.28. The predicted octanol–water partition coefficient (Wildman–Crippen LogP) is 2.62. The summed E-state index contributed by atoms with van der Waals surface area (Å²) >= 11 is 0. The average molecular weight is 305 g/mol. The highest BCUT2D eigenvalue weighted by molar-refractivity contribution is 6.78. The van der Waals surface area contributed by atoms with Gasteiger partial charge in [-0.2, -0.15) is 0 Å². The van der Waals surface area contributed by atoms with Crippen molar-refractivity contribution in [3.8, 4) is 0 Å². The first-order chi connectivity index (χ1) is 9.70. The third-order valence-electron chi connectivity index (χ3n) is 5.19.